The molecule has 9 N–H and O–H groups in total. The standard InChI is InChI=1S/C38H61N9O6S/c1-3-5-7-8-9-10-11-12-13-14-15-16-31(49)53-22-23-54-26-29(39)35(50)43-30(25-48)36(51)42-28-19-17-27(18-20-28)24-47-34-32(44-38(47)52)33(40)45-37(46-34)41-21-6-4-2/h17-20,29-30,48H,3-16,21-26,39H2,1-2H3,(H,42,51)(H,43,50)(H,44,52)(H3,40,41,45,46)/t29-,30+/m1/s1. The van der Waals surface area contributed by atoms with E-state index in [-0.39, 0.29) is 36.7 Å². The number of carbonyl (C=O) groups excluding carboxylic acids is 3. The molecule has 1 aromatic carbocycles. The molecule has 15 nitrogen and oxygen atoms in total. The fraction of sp³-hybridized carbons (Fsp3) is 0.632. The molecule has 0 aliphatic carbocycles. The molecular formula is C38H61N9O6S. The second-order valence-corrected chi connectivity index (χ2v) is 14.7. The van der Waals surface area contributed by atoms with Crippen molar-refractivity contribution in [2.75, 3.05) is 47.6 Å². The molecule has 0 radical (unpaired) electrons. The number of imidazole rings is 1. The fourth-order valence-electron chi connectivity index (χ4n) is 5.70. The lowest BCUT2D eigenvalue weighted by Gasteiger charge is -2.19. The van der Waals surface area contributed by atoms with Gasteiger partial charge in [0.1, 0.15) is 12.6 Å². The van der Waals surface area contributed by atoms with E-state index in [0.29, 0.717) is 41.5 Å². The minimum absolute atomic E-state index is 0.152. The van der Waals surface area contributed by atoms with Crippen molar-refractivity contribution in [1.29, 1.82) is 0 Å². The van der Waals surface area contributed by atoms with E-state index in [0.717, 1.165) is 37.7 Å². The van der Waals surface area contributed by atoms with Gasteiger partial charge in [0.05, 0.1) is 19.2 Å². The number of carbonyl (C=O) groups is 3. The number of aromatic hydroxyl groups is 1. The number of ether oxygens (including phenoxy) is 1. The second kappa shape index (κ2) is 25.0. The number of anilines is 3. The number of aliphatic hydroxyl groups excluding tert-OH is 1. The summed E-state index contributed by atoms with van der Waals surface area (Å²) in [5.74, 6) is -0.172. The molecule has 0 saturated carbocycles. The topological polar surface area (TPSA) is 233 Å². The maximum absolute atomic E-state index is 12.9. The number of aliphatic hydroxyl groups is 1. The monoisotopic (exact) mass is 771 g/mol. The molecule has 0 saturated heterocycles. The first-order valence-corrected chi connectivity index (χ1v) is 20.6. The largest absolute Gasteiger partial charge is 0.480 e. The zero-order valence-corrected chi connectivity index (χ0v) is 32.8. The summed E-state index contributed by atoms with van der Waals surface area (Å²) in [5, 5.41) is 28.7. The molecule has 2 amide bonds. The summed E-state index contributed by atoms with van der Waals surface area (Å²) in [6.07, 6.45) is 15.8. The summed E-state index contributed by atoms with van der Waals surface area (Å²) >= 11 is 1.37. The number of esters is 1. The molecule has 0 spiro atoms. The summed E-state index contributed by atoms with van der Waals surface area (Å²) in [6.45, 7) is 4.82. The van der Waals surface area contributed by atoms with Crippen LogP contribution in [-0.4, -0.2) is 90.9 Å². The quantitative estimate of drug-likeness (QED) is 0.0377. The number of benzene rings is 1. The third-order valence-corrected chi connectivity index (χ3v) is 9.95. The van der Waals surface area contributed by atoms with Crippen molar-refractivity contribution < 1.29 is 29.3 Å². The van der Waals surface area contributed by atoms with E-state index in [1.165, 1.54) is 67.7 Å². The van der Waals surface area contributed by atoms with Crippen LogP contribution in [0, 0.1) is 0 Å². The number of hydrogen-bond acceptors (Lipinski definition) is 13. The molecule has 2 atom stereocenters. The van der Waals surface area contributed by atoms with E-state index >= 15 is 0 Å². The highest BCUT2D eigenvalue weighted by Gasteiger charge is 2.24. The number of aromatic nitrogens is 4. The van der Waals surface area contributed by atoms with E-state index in [1.54, 1.807) is 24.3 Å². The molecule has 0 bridgehead atoms. The number of amides is 2. The molecule has 2 aromatic heterocycles. The van der Waals surface area contributed by atoms with E-state index in [2.05, 4.69) is 44.7 Å². The normalized spacial score (nSPS) is 12.4. The number of unbranched alkanes of at least 4 members (excludes halogenated alkanes) is 11. The lowest BCUT2D eigenvalue weighted by atomic mass is 10.1. The number of nitrogens with one attached hydrogen (secondary N) is 3. The highest BCUT2D eigenvalue weighted by atomic mass is 32.2. The third-order valence-electron chi connectivity index (χ3n) is 8.90. The average molecular weight is 772 g/mol. The second-order valence-electron chi connectivity index (χ2n) is 13.5. The predicted octanol–water partition coefficient (Wildman–Crippen LogP) is 5.09. The molecule has 3 aromatic rings. The van der Waals surface area contributed by atoms with Crippen LogP contribution in [0.1, 0.15) is 109 Å². The SMILES string of the molecule is CCCCCCCCCCCCCC(=O)OCCSC[C@@H](N)C(=O)N[C@@H](CO)C(=O)Nc1ccc(Cn2c(O)nc3c(N)nc(NCCCC)nc32)cc1. The van der Waals surface area contributed by atoms with Crippen LogP contribution in [-0.2, 0) is 25.7 Å². The van der Waals surface area contributed by atoms with Crippen molar-refractivity contribution in [2.24, 2.45) is 5.73 Å². The predicted molar refractivity (Wildman–Crippen MR) is 215 cm³/mol. The summed E-state index contributed by atoms with van der Waals surface area (Å²) in [6, 6.07) is 4.41. The van der Waals surface area contributed by atoms with Crippen LogP contribution in [0.3, 0.4) is 0 Å². The Balaban J connectivity index is 1.33. The number of nitrogen functional groups attached to an aromatic ring is 1. The van der Waals surface area contributed by atoms with Crippen LogP contribution in [0.15, 0.2) is 24.3 Å². The van der Waals surface area contributed by atoms with Crippen molar-refractivity contribution >= 4 is 58.2 Å². The van der Waals surface area contributed by atoms with Gasteiger partial charge in [-0.1, -0.05) is 96.6 Å². The first kappa shape index (κ1) is 44.2. The Morgan fingerprint density at radius 1 is 0.889 bits per heavy atom. The van der Waals surface area contributed by atoms with Crippen LogP contribution < -0.4 is 27.4 Å². The molecule has 3 rings (SSSR count). The Kier molecular flexibility index (Phi) is 20.5. The lowest BCUT2D eigenvalue weighted by molar-refractivity contribution is -0.143. The van der Waals surface area contributed by atoms with E-state index in [1.807, 2.05) is 0 Å². The number of hydrogen-bond donors (Lipinski definition) is 7. The molecule has 0 unspecified atom stereocenters. The highest BCUT2D eigenvalue weighted by Crippen LogP contribution is 2.25. The maximum atomic E-state index is 12.9. The zero-order valence-electron chi connectivity index (χ0n) is 32.0. The van der Waals surface area contributed by atoms with Crippen LogP contribution in [0.2, 0.25) is 0 Å². The van der Waals surface area contributed by atoms with Gasteiger partial charge in [-0.05, 0) is 30.5 Å². The highest BCUT2D eigenvalue weighted by molar-refractivity contribution is 7.99. The number of nitrogens with zero attached hydrogens (tertiary/aromatic N) is 4. The van der Waals surface area contributed by atoms with Crippen LogP contribution >= 0.6 is 11.8 Å². The van der Waals surface area contributed by atoms with Gasteiger partial charge in [0.15, 0.2) is 17.0 Å². The maximum Gasteiger partial charge on any atom is 0.305 e. The first-order chi connectivity index (χ1) is 26.2. The Bertz CT molecular complexity index is 1570. The van der Waals surface area contributed by atoms with E-state index in [9.17, 15) is 24.6 Å². The van der Waals surface area contributed by atoms with Gasteiger partial charge in [0.25, 0.3) is 6.01 Å². The minimum atomic E-state index is -1.22. The van der Waals surface area contributed by atoms with Gasteiger partial charge in [-0.25, -0.2) is 0 Å². The van der Waals surface area contributed by atoms with Crippen molar-refractivity contribution in [1.82, 2.24) is 24.8 Å². The van der Waals surface area contributed by atoms with Gasteiger partial charge in [-0.3, -0.25) is 19.0 Å². The van der Waals surface area contributed by atoms with E-state index in [4.69, 9.17) is 16.2 Å². The summed E-state index contributed by atoms with van der Waals surface area (Å²) in [5.41, 5.74) is 14.0. The number of nitrogens with two attached hydrogens (primary N) is 2. The molecule has 54 heavy (non-hydrogen) atoms. The van der Waals surface area contributed by atoms with Crippen LogP contribution in [0.25, 0.3) is 11.2 Å². The average Bonchev–Trinajstić information content (AvgIpc) is 3.47. The first-order valence-electron chi connectivity index (χ1n) is 19.4. The van der Waals surface area contributed by atoms with Gasteiger partial charge < -0.3 is 42.4 Å². The van der Waals surface area contributed by atoms with Crippen molar-refractivity contribution in [3.8, 4) is 6.01 Å². The summed E-state index contributed by atoms with van der Waals surface area (Å²) in [7, 11) is 0. The molecular weight excluding hydrogens is 711 g/mol. The Morgan fingerprint density at radius 2 is 1.54 bits per heavy atom. The summed E-state index contributed by atoms with van der Waals surface area (Å²) in [4.78, 5) is 50.5. The molecule has 300 valence electrons. The van der Waals surface area contributed by atoms with Crippen LogP contribution in [0.4, 0.5) is 17.5 Å². The molecule has 0 aliphatic heterocycles. The number of fused-ring (bicyclic) bond motifs is 1. The van der Waals surface area contributed by atoms with Crippen molar-refractivity contribution in [3.05, 3.63) is 29.8 Å². The van der Waals surface area contributed by atoms with Gasteiger partial charge in [0, 0.05) is 30.2 Å². The summed E-state index contributed by atoms with van der Waals surface area (Å²) < 4.78 is 6.82. The van der Waals surface area contributed by atoms with Crippen molar-refractivity contribution in [3.63, 3.8) is 0 Å². The molecule has 0 aliphatic rings. The smallest absolute Gasteiger partial charge is 0.305 e. The van der Waals surface area contributed by atoms with E-state index < -0.39 is 30.5 Å². The zero-order chi connectivity index (χ0) is 39.1. The minimum Gasteiger partial charge on any atom is -0.480 e. The number of thioether (sulfide) groups is 1. The fourth-order valence-corrected chi connectivity index (χ4v) is 6.47. The molecule has 0 fully saturated rings. The van der Waals surface area contributed by atoms with Crippen molar-refractivity contribution in [2.45, 2.75) is 122 Å². The van der Waals surface area contributed by atoms with Crippen LogP contribution in [0.5, 0.6) is 6.01 Å². The molecule has 16 heteroatoms. The Hall–Kier alpha value is -4.15. The molecule has 2 heterocycles. The number of rotatable bonds is 28. The third kappa shape index (κ3) is 15.7. The van der Waals surface area contributed by atoms with Gasteiger partial charge in [-0.2, -0.15) is 26.7 Å². The lowest BCUT2D eigenvalue weighted by Crippen LogP contribution is -2.52. The Morgan fingerprint density at radius 3 is 2.19 bits per heavy atom. The van der Waals surface area contributed by atoms with Gasteiger partial charge in [-0.15, -0.1) is 0 Å². The Labute approximate surface area is 323 Å². The van der Waals surface area contributed by atoms with Gasteiger partial charge >= 0.3 is 5.97 Å². The van der Waals surface area contributed by atoms with Gasteiger partial charge in [0.2, 0.25) is 17.8 Å².